The van der Waals surface area contributed by atoms with Crippen molar-refractivity contribution in [3.63, 3.8) is 0 Å². The number of rotatable bonds is 4. The molecule has 0 bridgehead atoms. The molecule has 0 spiro atoms. The molecule has 2 aromatic carbocycles. The van der Waals surface area contributed by atoms with E-state index < -0.39 is 0 Å². The van der Waals surface area contributed by atoms with Crippen molar-refractivity contribution in [1.82, 2.24) is 10.3 Å². The molecule has 5 heteroatoms. The van der Waals surface area contributed by atoms with Gasteiger partial charge in [-0.15, -0.1) is 0 Å². The molecule has 0 atom stereocenters. The zero-order valence-electron chi connectivity index (χ0n) is 13.7. The molecule has 2 amide bonds. The number of nitrogens with one attached hydrogen (secondary N) is 3. The van der Waals surface area contributed by atoms with Crippen molar-refractivity contribution in [2.24, 2.45) is 0 Å². The normalized spacial score (nSPS) is 11.5. The third-order valence-electron chi connectivity index (χ3n) is 4.10. The lowest BCUT2D eigenvalue weighted by atomic mass is 9.84. The van der Waals surface area contributed by atoms with Crippen LogP contribution in [-0.2, 0) is 5.41 Å². The predicted molar refractivity (Wildman–Crippen MR) is 99.8 cm³/mol. The highest BCUT2D eigenvalue weighted by molar-refractivity contribution is 6.31. The van der Waals surface area contributed by atoms with Crippen LogP contribution >= 0.6 is 11.6 Å². The summed E-state index contributed by atoms with van der Waals surface area (Å²) in [4.78, 5) is 15.4. The number of hydrogen-bond acceptors (Lipinski definition) is 1. The highest BCUT2D eigenvalue weighted by Gasteiger charge is 2.24. The summed E-state index contributed by atoms with van der Waals surface area (Å²) in [5.41, 5.74) is 2.69. The number of fused-ring (bicyclic) bond motifs is 1. The van der Waals surface area contributed by atoms with Gasteiger partial charge in [0.05, 0.1) is 0 Å². The van der Waals surface area contributed by atoms with Crippen molar-refractivity contribution < 1.29 is 4.79 Å². The van der Waals surface area contributed by atoms with Crippen molar-refractivity contribution in [1.29, 1.82) is 0 Å². The average Bonchev–Trinajstić information content (AvgIpc) is 2.98. The molecule has 0 aliphatic rings. The van der Waals surface area contributed by atoms with Crippen LogP contribution in [0.4, 0.5) is 10.5 Å². The van der Waals surface area contributed by atoms with E-state index in [0.717, 1.165) is 22.2 Å². The van der Waals surface area contributed by atoms with Gasteiger partial charge >= 0.3 is 6.03 Å². The van der Waals surface area contributed by atoms with Gasteiger partial charge in [0.2, 0.25) is 0 Å². The number of aromatic nitrogens is 1. The fourth-order valence-corrected chi connectivity index (χ4v) is 2.92. The zero-order chi connectivity index (χ0) is 17.2. The summed E-state index contributed by atoms with van der Waals surface area (Å²) in [6.45, 7) is 4.70. The summed E-state index contributed by atoms with van der Waals surface area (Å²) in [6.07, 6.45) is 1.98. The molecule has 0 aliphatic carbocycles. The Balaban J connectivity index is 1.71. The van der Waals surface area contributed by atoms with Gasteiger partial charge < -0.3 is 15.6 Å². The van der Waals surface area contributed by atoms with Crippen LogP contribution < -0.4 is 10.6 Å². The Morgan fingerprint density at radius 2 is 1.92 bits per heavy atom. The summed E-state index contributed by atoms with van der Waals surface area (Å²) in [7, 11) is 0. The van der Waals surface area contributed by atoms with E-state index in [-0.39, 0.29) is 11.4 Å². The number of halogens is 1. The summed E-state index contributed by atoms with van der Waals surface area (Å²) in [5, 5.41) is 7.55. The van der Waals surface area contributed by atoms with Crippen LogP contribution in [0.15, 0.2) is 54.7 Å². The maximum absolute atomic E-state index is 12.1. The predicted octanol–water partition coefficient (Wildman–Crippen LogP) is 4.92. The van der Waals surface area contributed by atoms with Crippen molar-refractivity contribution in [3.8, 4) is 0 Å². The Kier molecular flexibility index (Phi) is 4.49. The number of para-hydroxylation sites is 1. The minimum atomic E-state index is -0.239. The van der Waals surface area contributed by atoms with Crippen molar-refractivity contribution >= 4 is 34.2 Å². The van der Waals surface area contributed by atoms with E-state index in [2.05, 4.69) is 29.5 Å². The Morgan fingerprint density at radius 3 is 2.67 bits per heavy atom. The number of urea groups is 1. The van der Waals surface area contributed by atoms with E-state index in [4.69, 9.17) is 11.6 Å². The van der Waals surface area contributed by atoms with Crippen LogP contribution in [0.25, 0.3) is 10.9 Å². The van der Waals surface area contributed by atoms with E-state index in [9.17, 15) is 4.79 Å². The number of amides is 2. The summed E-state index contributed by atoms with van der Waals surface area (Å²) >= 11 is 6.12. The second kappa shape index (κ2) is 6.57. The van der Waals surface area contributed by atoms with Gasteiger partial charge in [-0.25, -0.2) is 4.79 Å². The van der Waals surface area contributed by atoms with E-state index in [1.807, 2.05) is 54.7 Å². The zero-order valence-corrected chi connectivity index (χ0v) is 14.4. The fraction of sp³-hybridized carbons (Fsp3) is 0.211. The number of benzene rings is 2. The molecular weight excluding hydrogens is 322 g/mol. The number of aromatic amines is 1. The maximum Gasteiger partial charge on any atom is 0.319 e. The lowest BCUT2D eigenvalue weighted by Crippen LogP contribution is -2.38. The molecular formula is C19H20ClN3O. The molecule has 0 radical (unpaired) electrons. The minimum Gasteiger partial charge on any atom is -0.361 e. The number of anilines is 1. The molecule has 3 aromatic rings. The van der Waals surface area contributed by atoms with E-state index in [1.165, 1.54) is 0 Å². The van der Waals surface area contributed by atoms with E-state index >= 15 is 0 Å². The molecule has 0 saturated carbocycles. The Morgan fingerprint density at radius 1 is 1.17 bits per heavy atom. The first-order valence-corrected chi connectivity index (χ1v) is 8.20. The number of carbonyl (C=O) groups is 1. The molecule has 0 aliphatic heterocycles. The third-order valence-corrected chi connectivity index (χ3v) is 4.33. The number of H-pyrrole nitrogens is 1. The molecule has 0 unspecified atom stereocenters. The van der Waals surface area contributed by atoms with Gasteiger partial charge in [0.1, 0.15) is 0 Å². The largest absolute Gasteiger partial charge is 0.361 e. The summed E-state index contributed by atoms with van der Waals surface area (Å²) < 4.78 is 0. The van der Waals surface area contributed by atoms with Crippen molar-refractivity contribution in [2.75, 3.05) is 11.9 Å². The van der Waals surface area contributed by atoms with Crippen LogP contribution in [-0.4, -0.2) is 17.6 Å². The molecule has 0 fully saturated rings. The second-order valence-corrected chi connectivity index (χ2v) is 6.89. The molecule has 0 saturated heterocycles. The minimum absolute atomic E-state index is 0.216. The van der Waals surface area contributed by atoms with E-state index in [0.29, 0.717) is 11.6 Å². The molecule has 1 heterocycles. The first kappa shape index (κ1) is 16.4. The Labute approximate surface area is 146 Å². The number of hydrogen-bond donors (Lipinski definition) is 3. The van der Waals surface area contributed by atoms with E-state index in [1.54, 1.807) is 0 Å². The summed E-state index contributed by atoms with van der Waals surface area (Å²) in [6, 6.07) is 15.0. The lowest BCUT2D eigenvalue weighted by molar-refractivity contribution is 0.249. The van der Waals surface area contributed by atoms with Crippen LogP contribution in [0.2, 0.25) is 5.02 Å². The van der Waals surface area contributed by atoms with Crippen LogP contribution in [0.5, 0.6) is 0 Å². The Hall–Kier alpha value is -2.46. The molecule has 1 aromatic heterocycles. The molecule has 3 rings (SSSR count). The Bertz CT molecular complexity index is 855. The highest BCUT2D eigenvalue weighted by atomic mass is 35.5. The monoisotopic (exact) mass is 341 g/mol. The number of carbonyl (C=O) groups excluding carboxylic acids is 1. The molecule has 124 valence electrons. The smallest absolute Gasteiger partial charge is 0.319 e. The molecule has 4 nitrogen and oxygen atoms in total. The lowest BCUT2D eigenvalue weighted by Gasteiger charge is -2.25. The van der Waals surface area contributed by atoms with Crippen LogP contribution in [0.3, 0.4) is 0 Å². The second-order valence-electron chi connectivity index (χ2n) is 6.45. The van der Waals surface area contributed by atoms with Crippen molar-refractivity contribution in [2.45, 2.75) is 19.3 Å². The fourth-order valence-electron chi connectivity index (χ4n) is 2.75. The third kappa shape index (κ3) is 3.54. The van der Waals surface area contributed by atoms with Crippen molar-refractivity contribution in [3.05, 3.63) is 65.3 Å². The standard InChI is InChI=1S/C19H20ClN3O/c1-19(2,12-22-18(24)23-14-6-4-3-5-7-14)16-11-21-17-9-8-13(20)10-15(16)17/h3-11,21H,12H2,1-2H3,(H2,22,23,24). The van der Waals surface area contributed by atoms with Crippen LogP contribution in [0.1, 0.15) is 19.4 Å². The molecule has 3 N–H and O–H groups in total. The van der Waals surface area contributed by atoms with Gasteiger partial charge in [-0.3, -0.25) is 0 Å². The maximum atomic E-state index is 12.1. The van der Waals surface area contributed by atoms with Gasteiger partial charge in [-0.2, -0.15) is 0 Å². The molecule has 24 heavy (non-hydrogen) atoms. The van der Waals surface area contributed by atoms with Gasteiger partial charge in [0.25, 0.3) is 0 Å². The average molecular weight is 342 g/mol. The van der Waals surface area contributed by atoms with Gasteiger partial charge in [-0.1, -0.05) is 43.6 Å². The van der Waals surface area contributed by atoms with Gasteiger partial charge in [0.15, 0.2) is 0 Å². The summed E-state index contributed by atoms with van der Waals surface area (Å²) in [5.74, 6) is 0. The van der Waals surface area contributed by atoms with Crippen LogP contribution in [0, 0.1) is 0 Å². The van der Waals surface area contributed by atoms with Gasteiger partial charge in [0, 0.05) is 39.8 Å². The quantitative estimate of drug-likeness (QED) is 0.619. The highest BCUT2D eigenvalue weighted by Crippen LogP contribution is 2.31. The SMILES string of the molecule is CC(C)(CNC(=O)Nc1ccccc1)c1c[nH]c2ccc(Cl)cc12. The topological polar surface area (TPSA) is 56.9 Å². The van der Waals surface area contributed by atoms with Gasteiger partial charge in [-0.05, 0) is 35.9 Å². The first-order valence-electron chi connectivity index (χ1n) is 7.83. The first-order chi connectivity index (χ1) is 11.5.